The number of amidine groups is 1. The first-order chi connectivity index (χ1) is 10.0. The highest BCUT2D eigenvalue weighted by atomic mass is 35.5. The molecule has 2 N–H and O–H groups in total. The number of benzene rings is 1. The van der Waals surface area contributed by atoms with Gasteiger partial charge in [0.15, 0.2) is 16.7 Å². The van der Waals surface area contributed by atoms with Crippen LogP contribution in [-0.4, -0.2) is 24.3 Å². The number of rotatable bonds is 5. The molecule has 0 aliphatic carbocycles. The van der Waals surface area contributed by atoms with E-state index in [-0.39, 0.29) is 11.1 Å². The van der Waals surface area contributed by atoms with Gasteiger partial charge in [-0.2, -0.15) is 4.99 Å². The highest BCUT2D eigenvalue weighted by Crippen LogP contribution is 2.38. The molecule has 2 rings (SSSR count). The van der Waals surface area contributed by atoms with Crippen LogP contribution in [-0.2, 0) is 4.79 Å². The lowest BCUT2D eigenvalue weighted by atomic mass is 10.2. The van der Waals surface area contributed by atoms with Crippen LogP contribution in [0, 0.1) is 0 Å². The molecule has 0 atom stereocenters. The Kier molecular flexibility index (Phi) is 5.14. The van der Waals surface area contributed by atoms with Gasteiger partial charge in [-0.05, 0) is 49.4 Å². The van der Waals surface area contributed by atoms with Crippen molar-refractivity contribution in [2.45, 2.75) is 13.8 Å². The predicted octanol–water partition coefficient (Wildman–Crippen LogP) is 3.07. The number of carbonyl (C=O) groups excluding carboxylic acids is 1. The van der Waals surface area contributed by atoms with Crippen molar-refractivity contribution in [1.82, 2.24) is 0 Å². The first kappa shape index (κ1) is 15.7. The second kappa shape index (κ2) is 6.87. The van der Waals surface area contributed by atoms with E-state index in [1.54, 1.807) is 18.2 Å². The fourth-order valence-electron chi connectivity index (χ4n) is 1.80. The van der Waals surface area contributed by atoms with E-state index < -0.39 is 0 Å². The molecule has 0 unspecified atom stereocenters. The molecule has 0 saturated heterocycles. The smallest absolute Gasteiger partial charge is 0.286 e. The van der Waals surface area contributed by atoms with Crippen molar-refractivity contribution in [2.75, 3.05) is 13.2 Å². The lowest BCUT2D eigenvalue weighted by molar-refractivity contribution is -0.113. The summed E-state index contributed by atoms with van der Waals surface area (Å²) in [6.45, 7) is 4.72. The lowest BCUT2D eigenvalue weighted by Crippen LogP contribution is -2.01. The third-order valence-corrected chi connectivity index (χ3v) is 3.65. The van der Waals surface area contributed by atoms with E-state index in [1.807, 2.05) is 13.8 Å². The minimum absolute atomic E-state index is 0.244. The van der Waals surface area contributed by atoms with E-state index >= 15 is 0 Å². The number of nitrogens with two attached hydrogens (primary N) is 1. The Labute approximate surface area is 132 Å². The van der Waals surface area contributed by atoms with Gasteiger partial charge < -0.3 is 15.2 Å². The Morgan fingerprint density at radius 3 is 2.62 bits per heavy atom. The maximum atomic E-state index is 11.6. The summed E-state index contributed by atoms with van der Waals surface area (Å²) in [6, 6.07) is 3.49. The Balaban J connectivity index is 2.37. The van der Waals surface area contributed by atoms with Crippen LogP contribution >= 0.6 is 23.4 Å². The van der Waals surface area contributed by atoms with Crippen molar-refractivity contribution < 1.29 is 14.3 Å². The van der Waals surface area contributed by atoms with Gasteiger partial charge in [0.1, 0.15) is 0 Å². The molecular weight excluding hydrogens is 312 g/mol. The molecule has 0 radical (unpaired) electrons. The number of thioether (sulfide) groups is 1. The molecule has 0 bridgehead atoms. The maximum absolute atomic E-state index is 11.6. The van der Waals surface area contributed by atoms with Crippen LogP contribution in [0.5, 0.6) is 11.5 Å². The fourth-order valence-corrected chi connectivity index (χ4v) is 2.75. The Morgan fingerprint density at radius 2 is 2.05 bits per heavy atom. The minimum atomic E-state index is -0.347. The third-order valence-electron chi connectivity index (χ3n) is 2.56. The van der Waals surface area contributed by atoms with Crippen LogP contribution in [0.2, 0.25) is 5.02 Å². The normalized spacial score (nSPS) is 16.2. The molecule has 1 aromatic rings. The predicted molar refractivity (Wildman–Crippen MR) is 86.0 cm³/mol. The van der Waals surface area contributed by atoms with Gasteiger partial charge >= 0.3 is 0 Å². The SMILES string of the molecule is CCOc1cc(C=C2SC(N)=NC2=O)cc(Cl)c1OCC. The molecule has 5 nitrogen and oxygen atoms in total. The van der Waals surface area contributed by atoms with E-state index in [9.17, 15) is 4.79 Å². The standard InChI is InChI=1S/C14H15ClN2O3S/c1-3-19-10-6-8(5-9(15)12(10)20-4-2)7-11-13(18)17-14(16)21-11/h5-7H,3-4H2,1-2H3,(H2,16,17,18). The molecule has 7 heteroatoms. The third kappa shape index (κ3) is 3.71. The summed E-state index contributed by atoms with van der Waals surface area (Å²) in [5.74, 6) is 0.702. The van der Waals surface area contributed by atoms with E-state index in [1.165, 1.54) is 0 Å². The van der Waals surface area contributed by atoms with Crippen molar-refractivity contribution >= 4 is 40.5 Å². The molecule has 112 valence electrons. The number of amides is 1. The van der Waals surface area contributed by atoms with E-state index in [4.69, 9.17) is 26.8 Å². The number of hydrogen-bond acceptors (Lipinski definition) is 5. The van der Waals surface area contributed by atoms with Crippen LogP contribution in [0.4, 0.5) is 0 Å². The quantitative estimate of drug-likeness (QED) is 0.842. The number of nitrogens with zero attached hydrogens (tertiary/aromatic N) is 1. The van der Waals surface area contributed by atoms with E-state index in [0.29, 0.717) is 34.6 Å². The zero-order chi connectivity index (χ0) is 15.4. The number of carbonyl (C=O) groups is 1. The summed E-state index contributed by atoms with van der Waals surface area (Å²) in [4.78, 5) is 15.7. The average molecular weight is 327 g/mol. The summed E-state index contributed by atoms with van der Waals surface area (Å²) < 4.78 is 11.0. The zero-order valence-corrected chi connectivity index (χ0v) is 13.3. The van der Waals surface area contributed by atoms with Crippen molar-refractivity contribution in [3.63, 3.8) is 0 Å². The lowest BCUT2D eigenvalue weighted by Gasteiger charge is -2.13. The van der Waals surface area contributed by atoms with Gasteiger partial charge in [0.2, 0.25) is 0 Å². The molecule has 0 spiro atoms. The van der Waals surface area contributed by atoms with Crippen LogP contribution < -0.4 is 15.2 Å². The van der Waals surface area contributed by atoms with Crippen LogP contribution in [0.25, 0.3) is 6.08 Å². The number of halogens is 1. The second-order valence-corrected chi connectivity index (χ2v) is 5.53. The number of hydrogen-bond donors (Lipinski definition) is 1. The summed E-state index contributed by atoms with van der Waals surface area (Å²) in [6.07, 6.45) is 1.68. The Bertz CT molecular complexity index is 629. The van der Waals surface area contributed by atoms with Crippen molar-refractivity contribution in [2.24, 2.45) is 10.7 Å². The molecule has 1 aromatic carbocycles. The zero-order valence-electron chi connectivity index (χ0n) is 11.7. The van der Waals surface area contributed by atoms with Gasteiger partial charge in [-0.25, -0.2) is 0 Å². The number of ether oxygens (including phenoxy) is 2. The molecule has 0 aromatic heterocycles. The van der Waals surface area contributed by atoms with Crippen LogP contribution in [0.15, 0.2) is 22.0 Å². The topological polar surface area (TPSA) is 73.9 Å². The highest BCUT2D eigenvalue weighted by Gasteiger charge is 2.20. The first-order valence-corrected chi connectivity index (χ1v) is 7.61. The molecule has 0 fully saturated rings. The largest absolute Gasteiger partial charge is 0.490 e. The van der Waals surface area contributed by atoms with E-state index in [2.05, 4.69) is 4.99 Å². The molecule has 1 aliphatic heterocycles. The Morgan fingerprint density at radius 1 is 1.33 bits per heavy atom. The van der Waals surface area contributed by atoms with Crippen molar-refractivity contribution in [3.8, 4) is 11.5 Å². The van der Waals surface area contributed by atoms with Gasteiger partial charge in [-0.15, -0.1) is 0 Å². The fraction of sp³-hybridized carbons (Fsp3) is 0.286. The molecule has 0 saturated carbocycles. The van der Waals surface area contributed by atoms with Crippen molar-refractivity contribution in [1.29, 1.82) is 0 Å². The van der Waals surface area contributed by atoms with E-state index in [0.717, 1.165) is 17.3 Å². The van der Waals surface area contributed by atoms with Crippen molar-refractivity contribution in [3.05, 3.63) is 27.6 Å². The molecular formula is C14H15ClN2O3S. The van der Waals surface area contributed by atoms with Gasteiger partial charge in [-0.3, -0.25) is 4.79 Å². The molecule has 21 heavy (non-hydrogen) atoms. The Hall–Kier alpha value is -1.66. The van der Waals surface area contributed by atoms with Gasteiger partial charge in [0.25, 0.3) is 5.91 Å². The average Bonchev–Trinajstić information content (AvgIpc) is 2.72. The number of aliphatic imine (C=N–C) groups is 1. The highest BCUT2D eigenvalue weighted by molar-refractivity contribution is 8.18. The van der Waals surface area contributed by atoms with Crippen LogP contribution in [0.1, 0.15) is 19.4 Å². The summed E-state index contributed by atoms with van der Waals surface area (Å²) in [5, 5.41) is 0.673. The minimum Gasteiger partial charge on any atom is -0.490 e. The monoisotopic (exact) mass is 326 g/mol. The second-order valence-electron chi connectivity index (χ2n) is 4.06. The first-order valence-electron chi connectivity index (χ1n) is 6.42. The molecule has 1 amide bonds. The molecule has 1 heterocycles. The summed E-state index contributed by atoms with van der Waals surface area (Å²) in [5.41, 5.74) is 6.25. The van der Waals surface area contributed by atoms with Crippen LogP contribution in [0.3, 0.4) is 0 Å². The van der Waals surface area contributed by atoms with Gasteiger partial charge in [0, 0.05) is 0 Å². The van der Waals surface area contributed by atoms with Gasteiger partial charge in [0.05, 0.1) is 23.1 Å². The van der Waals surface area contributed by atoms with Gasteiger partial charge in [-0.1, -0.05) is 11.6 Å². The summed E-state index contributed by atoms with van der Waals surface area (Å²) >= 11 is 7.35. The maximum Gasteiger partial charge on any atom is 0.286 e. The molecule has 1 aliphatic rings. The summed E-state index contributed by atoms with van der Waals surface area (Å²) in [7, 11) is 0.